The third kappa shape index (κ3) is 3.17. The number of amides is 1. The molecule has 1 amide bonds. The Morgan fingerprint density at radius 2 is 2.09 bits per heavy atom. The van der Waals surface area contributed by atoms with Gasteiger partial charge in [-0.3, -0.25) is 4.79 Å². The van der Waals surface area contributed by atoms with E-state index in [0.29, 0.717) is 17.1 Å². The number of carbonyl (C=O) groups is 1. The first-order valence-corrected chi connectivity index (χ1v) is 7.48. The first kappa shape index (κ1) is 16.9. The number of thiazole rings is 1. The minimum absolute atomic E-state index is 0. The van der Waals surface area contributed by atoms with E-state index in [1.807, 2.05) is 31.2 Å². The Labute approximate surface area is 142 Å². The molecule has 23 heavy (non-hydrogen) atoms. The van der Waals surface area contributed by atoms with Gasteiger partial charge in [0.05, 0.1) is 27.7 Å². The number of hydrogen-bond donors (Lipinski definition) is 2. The van der Waals surface area contributed by atoms with Gasteiger partial charge in [-0.2, -0.15) is 10.1 Å². The number of aliphatic imine (C=N–C) groups is 1. The van der Waals surface area contributed by atoms with Gasteiger partial charge in [0, 0.05) is 0 Å². The lowest BCUT2D eigenvalue weighted by molar-refractivity contribution is 0.100. The Kier molecular flexibility index (Phi) is 4.97. The molecule has 0 aliphatic carbocycles. The topological polar surface area (TPSA) is 112 Å². The average Bonchev–Trinajstić information content (AvgIpc) is 3.09. The molecule has 0 saturated heterocycles. The van der Waals surface area contributed by atoms with Crippen molar-refractivity contribution in [1.29, 1.82) is 0 Å². The molecule has 0 aliphatic heterocycles. The van der Waals surface area contributed by atoms with Crippen molar-refractivity contribution in [3.63, 3.8) is 0 Å². The van der Waals surface area contributed by atoms with Crippen molar-refractivity contribution in [2.75, 3.05) is 0 Å². The number of rotatable bonds is 3. The van der Waals surface area contributed by atoms with Crippen LogP contribution < -0.4 is 11.5 Å². The molecular formula is C14H15ClN6OS. The summed E-state index contributed by atoms with van der Waals surface area (Å²) in [5.74, 6) is -0.760. The highest BCUT2D eigenvalue weighted by atomic mass is 35.5. The van der Waals surface area contributed by atoms with Gasteiger partial charge in [0.15, 0.2) is 5.96 Å². The maximum Gasteiger partial charge on any atom is 0.283 e. The van der Waals surface area contributed by atoms with Crippen LogP contribution in [0.25, 0.3) is 15.3 Å². The van der Waals surface area contributed by atoms with Gasteiger partial charge in [0.2, 0.25) is 5.13 Å². The fourth-order valence-corrected chi connectivity index (χ4v) is 3.13. The Bertz CT molecular complexity index is 847. The summed E-state index contributed by atoms with van der Waals surface area (Å²) >= 11 is 1.51. The van der Waals surface area contributed by atoms with Gasteiger partial charge in [-0.05, 0) is 18.6 Å². The minimum atomic E-state index is -0.496. The molecular weight excluding hydrogens is 336 g/mol. The van der Waals surface area contributed by atoms with Crippen molar-refractivity contribution in [2.45, 2.75) is 13.3 Å². The number of nitrogens with zero attached hydrogens (tertiary/aromatic N) is 4. The van der Waals surface area contributed by atoms with E-state index in [2.05, 4.69) is 15.1 Å². The highest BCUT2D eigenvalue weighted by Crippen LogP contribution is 2.26. The molecule has 0 unspecified atom stereocenters. The summed E-state index contributed by atoms with van der Waals surface area (Å²) in [5.41, 5.74) is 12.5. The van der Waals surface area contributed by atoms with Gasteiger partial charge in [-0.25, -0.2) is 9.67 Å². The van der Waals surface area contributed by atoms with Crippen LogP contribution in [0.1, 0.15) is 23.0 Å². The minimum Gasteiger partial charge on any atom is -0.370 e. The summed E-state index contributed by atoms with van der Waals surface area (Å²) in [6.45, 7) is 1.94. The Hall–Kier alpha value is -2.45. The standard InChI is InChI=1S/C14H14N6OS.ClH/c1-2-10-8(12(21)19-13(15)16)7-17-20(10)14-18-9-5-3-4-6-11(9)22-14;/h3-7H,2H2,1H3,(H4,15,16,19,21);1H. The van der Waals surface area contributed by atoms with Crippen LogP contribution in [-0.4, -0.2) is 26.6 Å². The van der Waals surface area contributed by atoms with Crippen LogP contribution in [0.5, 0.6) is 0 Å². The normalized spacial score (nSPS) is 10.3. The molecule has 1 aromatic carbocycles. The maximum atomic E-state index is 12.0. The fourth-order valence-electron chi connectivity index (χ4n) is 2.19. The predicted molar refractivity (Wildman–Crippen MR) is 93.5 cm³/mol. The Morgan fingerprint density at radius 3 is 2.74 bits per heavy atom. The van der Waals surface area contributed by atoms with Crippen molar-refractivity contribution in [3.8, 4) is 5.13 Å². The molecule has 0 aliphatic rings. The molecule has 0 radical (unpaired) electrons. The van der Waals surface area contributed by atoms with Crippen molar-refractivity contribution in [3.05, 3.63) is 41.7 Å². The van der Waals surface area contributed by atoms with E-state index in [9.17, 15) is 4.79 Å². The van der Waals surface area contributed by atoms with E-state index < -0.39 is 5.91 Å². The lowest BCUT2D eigenvalue weighted by atomic mass is 10.2. The van der Waals surface area contributed by atoms with Gasteiger partial charge < -0.3 is 11.5 Å². The number of hydrogen-bond acceptors (Lipinski definition) is 4. The van der Waals surface area contributed by atoms with Crippen LogP contribution in [-0.2, 0) is 6.42 Å². The van der Waals surface area contributed by atoms with Gasteiger partial charge in [-0.1, -0.05) is 30.4 Å². The number of benzene rings is 1. The van der Waals surface area contributed by atoms with Crippen LogP contribution in [0.15, 0.2) is 35.5 Å². The van der Waals surface area contributed by atoms with Gasteiger partial charge in [-0.15, -0.1) is 12.4 Å². The van der Waals surface area contributed by atoms with Gasteiger partial charge in [0.1, 0.15) is 0 Å². The number of fused-ring (bicyclic) bond motifs is 1. The van der Waals surface area contributed by atoms with Crippen LogP contribution >= 0.6 is 23.7 Å². The smallest absolute Gasteiger partial charge is 0.283 e. The summed E-state index contributed by atoms with van der Waals surface area (Å²) in [6.07, 6.45) is 2.08. The molecule has 0 bridgehead atoms. The van der Waals surface area contributed by atoms with E-state index in [1.54, 1.807) is 4.68 Å². The zero-order valence-corrected chi connectivity index (χ0v) is 13.9. The first-order valence-electron chi connectivity index (χ1n) is 6.67. The number of guanidine groups is 1. The summed E-state index contributed by atoms with van der Waals surface area (Å²) < 4.78 is 2.73. The van der Waals surface area contributed by atoms with Crippen molar-refractivity contribution in [2.24, 2.45) is 16.5 Å². The Morgan fingerprint density at radius 1 is 1.35 bits per heavy atom. The number of nitrogens with two attached hydrogens (primary N) is 2. The zero-order valence-electron chi connectivity index (χ0n) is 12.3. The highest BCUT2D eigenvalue weighted by Gasteiger charge is 2.18. The number of para-hydroxylation sites is 1. The van der Waals surface area contributed by atoms with Gasteiger partial charge >= 0.3 is 0 Å². The molecule has 0 spiro atoms. The lowest BCUT2D eigenvalue weighted by Gasteiger charge is -2.02. The van der Waals surface area contributed by atoms with Crippen LogP contribution in [0.2, 0.25) is 0 Å². The molecule has 2 heterocycles. The van der Waals surface area contributed by atoms with Crippen molar-refractivity contribution < 1.29 is 4.79 Å². The summed E-state index contributed by atoms with van der Waals surface area (Å²) in [7, 11) is 0. The third-order valence-electron chi connectivity index (χ3n) is 3.13. The molecule has 3 aromatic rings. The van der Waals surface area contributed by atoms with E-state index in [1.165, 1.54) is 17.5 Å². The predicted octanol–water partition coefficient (Wildman–Crippen LogP) is 1.88. The van der Waals surface area contributed by atoms with E-state index in [4.69, 9.17) is 11.5 Å². The maximum absolute atomic E-state index is 12.0. The molecule has 0 atom stereocenters. The number of aromatic nitrogens is 3. The van der Waals surface area contributed by atoms with Crippen LogP contribution in [0, 0.1) is 0 Å². The highest BCUT2D eigenvalue weighted by molar-refractivity contribution is 7.20. The lowest BCUT2D eigenvalue weighted by Crippen LogP contribution is -2.24. The quantitative estimate of drug-likeness (QED) is 0.553. The molecule has 4 N–H and O–H groups in total. The van der Waals surface area contributed by atoms with Crippen molar-refractivity contribution >= 4 is 45.8 Å². The number of halogens is 1. The van der Waals surface area contributed by atoms with E-state index >= 15 is 0 Å². The summed E-state index contributed by atoms with van der Waals surface area (Å²) in [6, 6.07) is 7.83. The summed E-state index contributed by atoms with van der Waals surface area (Å²) in [5, 5.41) is 4.98. The molecule has 9 heteroatoms. The third-order valence-corrected chi connectivity index (χ3v) is 4.14. The molecule has 0 fully saturated rings. The monoisotopic (exact) mass is 350 g/mol. The fraction of sp³-hybridized carbons (Fsp3) is 0.143. The summed E-state index contributed by atoms with van der Waals surface area (Å²) in [4.78, 5) is 20.2. The second-order valence-corrected chi connectivity index (χ2v) is 5.59. The van der Waals surface area contributed by atoms with Crippen LogP contribution in [0.4, 0.5) is 0 Å². The first-order chi connectivity index (χ1) is 10.6. The molecule has 3 rings (SSSR count). The average molecular weight is 351 g/mol. The SMILES string of the molecule is CCc1c(C(=O)N=C(N)N)cnn1-c1nc2ccccc2s1.Cl. The van der Waals surface area contributed by atoms with E-state index in [0.717, 1.165) is 15.9 Å². The largest absolute Gasteiger partial charge is 0.370 e. The second kappa shape index (κ2) is 6.76. The zero-order chi connectivity index (χ0) is 15.7. The molecule has 0 saturated carbocycles. The number of carbonyl (C=O) groups excluding carboxylic acids is 1. The Balaban J connectivity index is 0.00000192. The molecule has 2 aromatic heterocycles. The van der Waals surface area contributed by atoms with Crippen LogP contribution in [0.3, 0.4) is 0 Å². The molecule has 7 nitrogen and oxygen atoms in total. The van der Waals surface area contributed by atoms with Crippen molar-refractivity contribution in [1.82, 2.24) is 14.8 Å². The second-order valence-electron chi connectivity index (χ2n) is 4.58. The van der Waals surface area contributed by atoms with Gasteiger partial charge in [0.25, 0.3) is 5.91 Å². The molecule has 120 valence electrons. The van der Waals surface area contributed by atoms with E-state index in [-0.39, 0.29) is 18.4 Å².